The highest BCUT2D eigenvalue weighted by Crippen LogP contribution is 2.36. The van der Waals surface area contributed by atoms with E-state index >= 15 is 0 Å². The maximum absolute atomic E-state index is 10.4. The Morgan fingerprint density at radius 3 is 2.52 bits per heavy atom. The zero-order valence-electron chi connectivity index (χ0n) is 15.8. The molecule has 0 saturated heterocycles. The maximum Gasteiger partial charge on any atom is 0.126 e. The summed E-state index contributed by atoms with van der Waals surface area (Å²) < 4.78 is 5.37. The number of hydrogen-bond acceptors (Lipinski definition) is 4. The van der Waals surface area contributed by atoms with Gasteiger partial charge in [-0.05, 0) is 53.6 Å². The fraction of sp³-hybridized carbons (Fsp3) is 0.174. The zero-order chi connectivity index (χ0) is 20.4. The predicted molar refractivity (Wildman–Crippen MR) is 117 cm³/mol. The van der Waals surface area contributed by atoms with Crippen LogP contribution in [-0.2, 0) is 0 Å². The Labute approximate surface area is 179 Å². The molecule has 1 heterocycles. The van der Waals surface area contributed by atoms with Gasteiger partial charge in [-0.15, -0.1) is 0 Å². The molecule has 0 radical (unpaired) electrons. The summed E-state index contributed by atoms with van der Waals surface area (Å²) in [7, 11) is 1.65. The molecule has 2 atom stereocenters. The Hall–Kier alpha value is -2.53. The number of methoxy groups -OCH3 is 1. The van der Waals surface area contributed by atoms with Gasteiger partial charge in [0.25, 0.3) is 0 Å². The molecule has 0 spiro atoms. The van der Waals surface area contributed by atoms with E-state index in [2.05, 4.69) is 5.32 Å². The molecule has 3 aromatic rings. The number of hydrogen-bond donors (Lipinski definition) is 2. The molecule has 3 aromatic carbocycles. The molecule has 4 rings (SSSR count). The van der Waals surface area contributed by atoms with Crippen LogP contribution < -0.4 is 10.1 Å². The third kappa shape index (κ3) is 4.40. The Morgan fingerprint density at radius 1 is 1.00 bits per heavy atom. The van der Waals surface area contributed by atoms with Gasteiger partial charge in [-0.1, -0.05) is 47.5 Å². The summed E-state index contributed by atoms with van der Waals surface area (Å²) >= 11 is 12.3. The highest BCUT2D eigenvalue weighted by atomic mass is 35.5. The number of ether oxygens (including phenoxy) is 1. The van der Waals surface area contributed by atoms with Crippen molar-refractivity contribution >= 4 is 28.9 Å². The van der Waals surface area contributed by atoms with Crippen LogP contribution in [0.15, 0.2) is 71.7 Å². The largest absolute Gasteiger partial charge is 0.508 e. The summed E-state index contributed by atoms with van der Waals surface area (Å²) in [5.41, 5.74) is 3.64. The number of phenolic OH excluding ortho intramolecular Hbond substituents is 1. The molecule has 2 N–H and O–H groups in total. The van der Waals surface area contributed by atoms with Crippen molar-refractivity contribution in [2.45, 2.75) is 18.6 Å². The summed E-state index contributed by atoms with van der Waals surface area (Å²) in [5, 5.41) is 15.2. The van der Waals surface area contributed by atoms with E-state index in [0.29, 0.717) is 16.5 Å². The standard InChI is InChI=1S/C23H20Cl2N2O2/c1-29-18-4-2-3-15(11-18)20-13-21(19-12-17(25)9-10-22(19)28)27-23(26-20)14-5-7-16(24)8-6-14/h2-12,21,23,27-28H,13H2,1H3/t21-,23+/m0/s1. The van der Waals surface area contributed by atoms with Gasteiger partial charge in [-0.3, -0.25) is 10.3 Å². The van der Waals surface area contributed by atoms with Gasteiger partial charge >= 0.3 is 0 Å². The topological polar surface area (TPSA) is 53.8 Å². The lowest BCUT2D eigenvalue weighted by Gasteiger charge is -2.31. The van der Waals surface area contributed by atoms with Gasteiger partial charge in [0.05, 0.1) is 7.11 Å². The highest BCUT2D eigenvalue weighted by molar-refractivity contribution is 6.30. The van der Waals surface area contributed by atoms with Crippen LogP contribution in [0.3, 0.4) is 0 Å². The summed E-state index contributed by atoms with van der Waals surface area (Å²) in [5.74, 6) is 0.975. The normalized spacial score (nSPS) is 18.9. The van der Waals surface area contributed by atoms with Crippen LogP contribution in [0.25, 0.3) is 0 Å². The number of nitrogens with zero attached hydrogens (tertiary/aromatic N) is 1. The van der Waals surface area contributed by atoms with Gasteiger partial charge in [-0.25, -0.2) is 0 Å². The van der Waals surface area contributed by atoms with E-state index < -0.39 is 0 Å². The predicted octanol–water partition coefficient (Wildman–Crippen LogP) is 5.93. The SMILES string of the molecule is COc1cccc(C2=N[C@@H](c3ccc(Cl)cc3)N[C@H](c3cc(Cl)ccc3O)C2)c1. The number of rotatable bonds is 4. The van der Waals surface area contributed by atoms with Crippen LogP contribution in [0.2, 0.25) is 10.0 Å². The molecule has 1 aliphatic rings. The van der Waals surface area contributed by atoms with Crippen LogP contribution in [0.1, 0.15) is 35.3 Å². The Morgan fingerprint density at radius 2 is 1.76 bits per heavy atom. The fourth-order valence-electron chi connectivity index (χ4n) is 3.50. The van der Waals surface area contributed by atoms with Crippen molar-refractivity contribution in [3.8, 4) is 11.5 Å². The van der Waals surface area contributed by atoms with Crippen LogP contribution in [0.4, 0.5) is 0 Å². The first kappa shape index (κ1) is 19.8. The highest BCUT2D eigenvalue weighted by Gasteiger charge is 2.28. The van der Waals surface area contributed by atoms with E-state index in [0.717, 1.165) is 28.2 Å². The second kappa shape index (κ2) is 8.46. The third-order valence-electron chi connectivity index (χ3n) is 5.00. The molecule has 0 unspecified atom stereocenters. The molecule has 6 heteroatoms. The van der Waals surface area contributed by atoms with E-state index in [1.165, 1.54) is 0 Å². The van der Waals surface area contributed by atoms with E-state index in [1.807, 2.05) is 48.5 Å². The van der Waals surface area contributed by atoms with Crippen LogP contribution >= 0.6 is 23.2 Å². The fourth-order valence-corrected chi connectivity index (χ4v) is 3.81. The first-order chi connectivity index (χ1) is 14.0. The lowest BCUT2D eigenvalue weighted by atomic mass is 9.93. The van der Waals surface area contributed by atoms with Crippen LogP contribution in [0, 0.1) is 0 Å². The Balaban J connectivity index is 1.77. The molecular weight excluding hydrogens is 407 g/mol. The first-order valence-electron chi connectivity index (χ1n) is 9.24. The molecule has 0 bridgehead atoms. The quantitative estimate of drug-likeness (QED) is 0.543. The van der Waals surface area contributed by atoms with E-state index in [9.17, 15) is 5.11 Å². The third-order valence-corrected chi connectivity index (χ3v) is 5.48. The van der Waals surface area contributed by atoms with Crippen molar-refractivity contribution < 1.29 is 9.84 Å². The molecular formula is C23H20Cl2N2O2. The van der Waals surface area contributed by atoms with Gasteiger partial charge in [-0.2, -0.15) is 0 Å². The van der Waals surface area contributed by atoms with Crippen molar-refractivity contribution in [3.05, 3.63) is 93.5 Å². The molecule has 4 nitrogen and oxygen atoms in total. The van der Waals surface area contributed by atoms with Crippen molar-refractivity contribution in [1.82, 2.24) is 5.32 Å². The summed E-state index contributed by atoms with van der Waals surface area (Å²) in [6, 6.07) is 20.4. The van der Waals surface area contributed by atoms with Crippen molar-refractivity contribution in [1.29, 1.82) is 0 Å². The number of halogens is 2. The van der Waals surface area contributed by atoms with Crippen molar-refractivity contribution in [3.63, 3.8) is 0 Å². The molecule has 148 valence electrons. The number of phenols is 1. The second-order valence-electron chi connectivity index (χ2n) is 6.89. The Kier molecular flexibility index (Phi) is 5.76. The lowest BCUT2D eigenvalue weighted by molar-refractivity contribution is 0.411. The maximum atomic E-state index is 10.4. The average molecular weight is 427 g/mol. The second-order valence-corrected chi connectivity index (χ2v) is 7.76. The zero-order valence-corrected chi connectivity index (χ0v) is 17.3. The van der Waals surface area contributed by atoms with E-state index in [4.69, 9.17) is 32.9 Å². The number of benzene rings is 3. The number of aromatic hydroxyl groups is 1. The van der Waals surface area contributed by atoms with E-state index in [-0.39, 0.29) is 18.0 Å². The smallest absolute Gasteiger partial charge is 0.126 e. The van der Waals surface area contributed by atoms with Crippen LogP contribution in [-0.4, -0.2) is 17.9 Å². The molecule has 1 aliphatic heterocycles. The minimum Gasteiger partial charge on any atom is -0.508 e. The molecule has 0 aliphatic carbocycles. The number of aliphatic imine (C=N–C) groups is 1. The first-order valence-corrected chi connectivity index (χ1v) is 10.00. The molecule has 0 saturated carbocycles. The molecule has 0 amide bonds. The van der Waals surface area contributed by atoms with E-state index in [1.54, 1.807) is 25.3 Å². The van der Waals surface area contributed by atoms with Crippen LogP contribution in [0.5, 0.6) is 11.5 Å². The number of nitrogens with one attached hydrogen (secondary N) is 1. The summed E-state index contributed by atoms with van der Waals surface area (Å²) in [6.45, 7) is 0. The van der Waals surface area contributed by atoms with Gasteiger partial charge < -0.3 is 9.84 Å². The average Bonchev–Trinajstić information content (AvgIpc) is 2.75. The monoisotopic (exact) mass is 426 g/mol. The molecule has 0 fully saturated rings. The van der Waals surface area contributed by atoms with Gasteiger partial charge in [0.2, 0.25) is 0 Å². The lowest BCUT2D eigenvalue weighted by Crippen LogP contribution is -2.33. The molecule has 0 aromatic heterocycles. The minimum absolute atomic E-state index is 0.159. The van der Waals surface area contributed by atoms with Gasteiger partial charge in [0.1, 0.15) is 17.7 Å². The summed E-state index contributed by atoms with van der Waals surface area (Å²) in [6.07, 6.45) is 0.316. The van der Waals surface area contributed by atoms with Crippen molar-refractivity contribution in [2.75, 3.05) is 7.11 Å². The van der Waals surface area contributed by atoms with Crippen molar-refractivity contribution in [2.24, 2.45) is 4.99 Å². The summed E-state index contributed by atoms with van der Waals surface area (Å²) in [4.78, 5) is 4.95. The minimum atomic E-state index is -0.286. The Bertz CT molecular complexity index is 1050. The van der Waals surface area contributed by atoms with Gasteiger partial charge in [0, 0.05) is 33.8 Å². The van der Waals surface area contributed by atoms with Gasteiger partial charge in [0.15, 0.2) is 0 Å². The molecule has 29 heavy (non-hydrogen) atoms.